The van der Waals surface area contributed by atoms with E-state index >= 15 is 0 Å². The van der Waals surface area contributed by atoms with E-state index in [0.29, 0.717) is 13.0 Å². The quantitative estimate of drug-likeness (QED) is 0.585. The average Bonchev–Trinajstić information content (AvgIpc) is 2.24. The molecule has 1 fully saturated rings. The van der Waals surface area contributed by atoms with E-state index in [0.717, 1.165) is 18.9 Å². The minimum absolute atomic E-state index is 0.163. The van der Waals surface area contributed by atoms with Crippen LogP contribution in [0.4, 0.5) is 13.2 Å². The second kappa shape index (κ2) is 6.61. The van der Waals surface area contributed by atoms with E-state index in [-0.39, 0.29) is 5.33 Å². The summed E-state index contributed by atoms with van der Waals surface area (Å²) in [4.78, 5) is 0. The average molecular weight is 303 g/mol. The number of halogens is 4. The SMILES string of the molecule is FC(F)(F)C(=CCBr)COC1CCCCO1. The third-order valence-electron chi connectivity index (χ3n) is 2.25. The maximum atomic E-state index is 12.5. The molecule has 0 spiro atoms. The van der Waals surface area contributed by atoms with Gasteiger partial charge in [-0.2, -0.15) is 13.2 Å². The lowest BCUT2D eigenvalue weighted by Gasteiger charge is -2.23. The van der Waals surface area contributed by atoms with E-state index in [2.05, 4.69) is 15.9 Å². The molecular weight excluding hydrogens is 289 g/mol. The van der Waals surface area contributed by atoms with Gasteiger partial charge in [0.05, 0.1) is 12.2 Å². The van der Waals surface area contributed by atoms with Gasteiger partial charge in [0.2, 0.25) is 0 Å². The molecule has 1 heterocycles. The van der Waals surface area contributed by atoms with E-state index in [1.165, 1.54) is 0 Å². The first-order valence-electron chi connectivity index (χ1n) is 5.09. The van der Waals surface area contributed by atoms with Gasteiger partial charge in [-0.15, -0.1) is 0 Å². The molecule has 1 aliphatic rings. The van der Waals surface area contributed by atoms with Gasteiger partial charge in [0.25, 0.3) is 0 Å². The van der Waals surface area contributed by atoms with Crippen molar-refractivity contribution in [1.82, 2.24) is 0 Å². The first kappa shape index (κ1) is 14.0. The molecule has 0 bridgehead atoms. The molecule has 0 amide bonds. The van der Waals surface area contributed by atoms with Crippen LogP contribution in [0.2, 0.25) is 0 Å². The maximum absolute atomic E-state index is 12.5. The Morgan fingerprint density at radius 1 is 1.44 bits per heavy atom. The number of hydrogen-bond acceptors (Lipinski definition) is 2. The normalized spacial score (nSPS) is 23.5. The summed E-state index contributed by atoms with van der Waals surface area (Å²) < 4.78 is 47.6. The molecule has 0 aliphatic carbocycles. The van der Waals surface area contributed by atoms with Crippen LogP contribution in [0, 0.1) is 0 Å². The Balaban J connectivity index is 2.40. The highest BCUT2D eigenvalue weighted by Crippen LogP contribution is 2.27. The van der Waals surface area contributed by atoms with Crippen molar-refractivity contribution >= 4 is 15.9 Å². The van der Waals surface area contributed by atoms with Gasteiger partial charge in [0.1, 0.15) is 0 Å². The molecule has 16 heavy (non-hydrogen) atoms. The highest BCUT2D eigenvalue weighted by molar-refractivity contribution is 9.09. The zero-order chi connectivity index (χ0) is 12.0. The lowest BCUT2D eigenvalue weighted by molar-refractivity contribution is -0.169. The molecule has 0 aromatic heterocycles. The van der Waals surface area contributed by atoms with Crippen LogP contribution < -0.4 is 0 Å². The van der Waals surface area contributed by atoms with Gasteiger partial charge in [-0.05, 0) is 19.3 Å². The fourth-order valence-electron chi connectivity index (χ4n) is 1.37. The Bertz CT molecular complexity index is 235. The second-order valence-corrected chi connectivity index (χ2v) is 4.14. The van der Waals surface area contributed by atoms with Crippen LogP contribution in [0.5, 0.6) is 0 Å². The summed E-state index contributed by atoms with van der Waals surface area (Å²) in [5, 5.41) is 0.163. The van der Waals surface area contributed by atoms with Crippen molar-refractivity contribution in [2.45, 2.75) is 31.7 Å². The van der Waals surface area contributed by atoms with Crippen LogP contribution in [0.3, 0.4) is 0 Å². The van der Waals surface area contributed by atoms with Gasteiger partial charge in [-0.25, -0.2) is 0 Å². The van der Waals surface area contributed by atoms with Gasteiger partial charge in [-0.1, -0.05) is 22.0 Å². The largest absolute Gasteiger partial charge is 0.414 e. The third-order valence-corrected chi connectivity index (χ3v) is 2.57. The molecule has 0 radical (unpaired) electrons. The van der Waals surface area contributed by atoms with Crippen molar-refractivity contribution in [3.63, 3.8) is 0 Å². The lowest BCUT2D eigenvalue weighted by Crippen LogP contribution is -2.26. The van der Waals surface area contributed by atoms with Crippen LogP contribution in [-0.4, -0.2) is 31.0 Å². The van der Waals surface area contributed by atoms with Crippen LogP contribution >= 0.6 is 15.9 Å². The summed E-state index contributed by atoms with van der Waals surface area (Å²) in [5.74, 6) is 0. The van der Waals surface area contributed by atoms with Crippen molar-refractivity contribution in [1.29, 1.82) is 0 Å². The molecule has 94 valence electrons. The summed E-state index contributed by atoms with van der Waals surface area (Å²) in [6, 6.07) is 0. The van der Waals surface area contributed by atoms with Gasteiger partial charge in [0.15, 0.2) is 6.29 Å². The fourth-order valence-corrected chi connectivity index (χ4v) is 1.77. The zero-order valence-corrected chi connectivity index (χ0v) is 10.3. The molecule has 1 rings (SSSR count). The minimum atomic E-state index is -4.33. The standard InChI is InChI=1S/C10H14BrF3O2/c11-5-4-8(10(12,13)14)7-16-9-3-1-2-6-15-9/h4,9H,1-3,5-7H2. The summed E-state index contributed by atoms with van der Waals surface area (Å²) in [5.41, 5.74) is -0.668. The summed E-state index contributed by atoms with van der Waals surface area (Å²) in [6.07, 6.45) is -1.20. The van der Waals surface area contributed by atoms with Crippen LogP contribution in [0.25, 0.3) is 0 Å². The van der Waals surface area contributed by atoms with Crippen LogP contribution in [0.15, 0.2) is 11.6 Å². The zero-order valence-electron chi connectivity index (χ0n) is 8.73. The number of allylic oxidation sites excluding steroid dienone is 1. The molecule has 6 heteroatoms. The Kier molecular flexibility index (Phi) is 5.78. The highest BCUT2D eigenvalue weighted by Gasteiger charge is 2.33. The Morgan fingerprint density at radius 2 is 2.19 bits per heavy atom. The number of hydrogen-bond donors (Lipinski definition) is 0. The number of rotatable bonds is 4. The highest BCUT2D eigenvalue weighted by atomic mass is 79.9. The minimum Gasteiger partial charge on any atom is -0.353 e. The molecule has 1 atom stereocenters. The molecule has 0 N–H and O–H groups in total. The van der Waals surface area contributed by atoms with E-state index in [1.807, 2.05) is 0 Å². The lowest BCUT2D eigenvalue weighted by atomic mass is 10.2. The molecule has 2 nitrogen and oxygen atoms in total. The monoisotopic (exact) mass is 302 g/mol. The molecule has 1 saturated heterocycles. The van der Waals surface area contributed by atoms with Crippen molar-refractivity contribution < 1.29 is 22.6 Å². The second-order valence-electron chi connectivity index (χ2n) is 3.49. The maximum Gasteiger partial charge on any atom is 0.414 e. The third kappa shape index (κ3) is 4.84. The number of ether oxygens (including phenoxy) is 2. The predicted octanol–water partition coefficient (Wildman–Crippen LogP) is 3.41. The predicted molar refractivity (Wildman–Crippen MR) is 57.5 cm³/mol. The van der Waals surface area contributed by atoms with Gasteiger partial charge in [0, 0.05) is 11.9 Å². The van der Waals surface area contributed by atoms with E-state index in [1.54, 1.807) is 0 Å². The first-order valence-corrected chi connectivity index (χ1v) is 6.21. The van der Waals surface area contributed by atoms with Crippen molar-refractivity contribution in [2.75, 3.05) is 18.5 Å². The summed E-state index contributed by atoms with van der Waals surface area (Å²) in [6.45, 7) is 0.119. The first-order chi connectivity index (χ1) is 7.54. The Morgan fingerprint density at radius 3 is 2.69 bits per heavy atom. The van der Waals surface area contributed by atoms with Crippen molar-refractivity contribution in [2.24, 2.45) is 0 Å². The van der Waals surface area contributed by atoms with Crippen LogP contribution in [-0.2, 0) is 9.47 Å². The molecule has 0 saturated carbocycles. The van der Waals surface area contributed by atoms with E-state index < -0.39 is 24.6 Å². The summed E-state index contributed by atoms with van der Waals surface area (Å²) >= 11 is 2.95. The fraction of sp³-hybridized carbons (Fsp3) is 0.800. The smallest absolute Gasteiger partial charge is 0.353 e. The van der Waals surface area contributed by atoms with Crippen molar-refractivity contribution in [3.05, 3.63) is 11.6 Å². The van der Waals surface area contributed by atoms with Gasteiger partial charge < -0.3 is 9.47 Å². The molecule has 1 unspecified atom stereocenters. The van der Waals surface area contributed by atoms with E-state index in [4.69, 9.17) is 9.47 Å². The molecular formula is C10H14BrF3O2. The van der Waals surface area contributed by atoms with E-state index in [9.17, 15) is 13.2 Å². The Hall–Kier alpha value is -0.0700. The topological polar surface area (TPSA) is 18.5 Å². The van der Waals surface area contributed by atoms with Crippen LogP contribution in [0.1, 0.15) is 19.3 Å². The Labute approximate surface area is 101 Å². The molecule has 0 aromatic rings. The van der Waals surface area contributed by atoms with Gasteiger partial charge in [-0.3, -0.25) is 0 Å². The summed E-state index contributed by atoms with van der Waals surface area (Å²) in [7, 11) is 0. The number of alkyl halides is 4. The molecule has 0 aromatic carbocycles. The molecule has 1 aliphatic heterocycles. The van der Waals surface area contributed by atoms with Crippen molar-refractivity contribution in [3.8, 4) is 0 Å². The van der Waals surface area contributed by atoms with Gasteiger partial charge >= 0.3 is 6.18 Å².